The normalized spacial score (nSPS) is 22.1. The molecule has 3 rings (SSSR count). The Morgan fingerprint density at radius 3 is 2.19 bits per heavy atom. The van der Waals surface area contributed by atoms with Crippen LogP contribution in [0.1, 0.15) is 11.6 Å². The molecule has 0 saturated carbocycles. The van der Waals surface area contributed by atoms with Crippen molar-refractivity contribution in [3.8, 4) is 0 Å². The van der Waals surface area contributed by atoms with Gasteiger partial charge in [0.25, 0.3) is 0 Å². The van der Waals surface area contributed by atoms with Crippen molar-refractivity contribution < 1.29 is 8.42 Å². The molecular weight excluding hydrogens is 282 g/mol. The minimum absolute atomic E-state index is 0.221. The number of hydrogen-bond donors (Lipinski definition) is 1. The van der Waals surface area contributed by atoms with Gasteiger partial charge in [0.2, 0.25) is 0 Å². The third-order valence-electron chi connectivity index (χ3n) is 3.70. The van der Waals surface area contributed by atoms with Crippen LogP contribution >= 0.6 is 0 Å². The Morgan fingerprint density at radius 1 is 0.905 bits per heavy atom. The van der Waals surface area contributed by atoms with Crippen LogP contribution in [-0.2, 0) is 9.84 Å². The summed E-state index contributed by atoms with van der Waals surface area (Å²) < 4.78 is 25.8. The predicted octanol–water partition coefficient (Wildman–Crippen LogP) is 2.73. The fourth-order valence-corrected chi connectivity index (χ4v) is 4.42. The smallest absolute Gasteiger partial charge is 0.186 e. The molecule has 0 radical (unpaired) electrons. The first-order valence-electron chi connectivity index (χ1n) is 6.93. The third kappa shape index (κ3) is 2.77. The first kappa shape index (κ1) is 14.0. The molecule has 0 aromatic heterocycles. The van der Waals surface area contributed by atoms with Crippen molar-refractivity contribution >= 4 is 9.84 Å². The van der Waals surface area contributed by atoms with Gasteiger partial charge in [0.15, 0.2) is 9.84 Å². The van der Waals surface area contributed by atoms with Gasteiger partial charge in [-0.3, -0.25) is 0 Å². The van der Waals surface area contributed by atoms with Gasteiger partial charge in [0.05, 0.1) is 10.9 Å². The topological polar surface area (TPSA) is 46.2 Å². The van der Waals surface area contributed by atoms with Gasteiger partial charge in [-0.25, -0.2) is 8.42 Å². The minimum Gasteiger partial charge on any atom is -0.305 e. The molecular formula is C17H17NO2S. The summed E-state index contributed by atoms with van der Waals surface area (Å²) >= 11 is 0. The van der Waals surface area contributed by atoms with Crippen molar-refractivity contribution in [1.82, 2.24) is 5.32 Å². The van der Waals surface area contributed by atoms with Crippen LogP contribution in [-0.4, -0.2) is 20.2 Å². The van der Waals surface area contributed by atoms with Gasteiger partial charge < -0.3 is 5.32 Å². The molecule has 2 aromatic rings. The van der Waals surface area contributed by atoms with E-state index in [1.807, 2.05) is 42.5 Å². The second kappa shape index (κ2) is 5.84. The number of rotatable bonds is 3. The quantitative estimate of drug-likeness (QED) is 0.886. The molecule has 2 atom stereocenters. The zero-order chi connectivity index (χ0) is 14.7. The number of hydrogen-bond acceptors (Lipinski definition) is 3. The van der Waals surface area contributed by atoms with Crippen LogP contribution in [0.25, 0.3) is 0 Å². The van der Waals surface area contributed by atoms with E-state index in [0.29, 0.717) is 11.4 Å². The van der Waals surface area contributed by atoms with Crippen molar-refractivity contribution in [2.75, 3.05) is 6.54 Å². The van der Waals surface area contributed by atoms with Gasteiger partial charge >= 0.3 is 0 Å². The maximum Gasteiger partial charge on any atom is 0.186 e. The summed E-state index contributed by atoms with van der Waals surface area (Å²) in [5.74, 6) is 0. The Kier molecular flexibility index (Phi) is 3.90. The van der Waals surface area contributed by atoms with Gasteiger partial charge in [-0.05, 0) is 17.7 Å². The Morgan fingerprint density at radius 2 is 1.52 bits per heavy atom. The second-order valence-corrected chi connectivity index (χ2v) is 7.15. The van der Waals surface area contributed by atoms with Crippen molar-refractivity contribution in [3.05, 3.63) is 78.4 Å². The summed E-state index contributed by atoms with van der Waals surface area (Å²) in [5.41, 5.74) is 0.992. The molecule has 0 spiro atoms. The van der Waals surface area contributed by atoms with Crippen LogP contribution in [0.2, 0.25) is 0 Å². The number of nitrogens with one attached hydrogen (secondary N) is 1. The van der Waals surface area contributed by atoms with E-state index >= 15 is 0 Å². The zero-order valence-corrected chi connectivity index (χ0v) is 12.3. The number of sulfone groups is 1. The van der Waals surface area contributed by atoms with Gasteiger partial charge in [0, 0.05) is 6.54 Å². The molecule has 4 heteroatoms. The van der Waals surface area contributed by atoms with Gasteiger partial charge in [0.1, 0.15) is 5.25 Å². The molecule has 0 bridgehead atoms. The van der Waals surface area contributed by atoms with Crippen LogP contribution in [0.15, 0.2) is 77.7 Å². The Bertz CT molecular complexity index is 724. The monoisotopic (exact) mass is 299 g/mol. The molecule has 1 aliphatic heterocycles. The zero-order valence-electron chi connectivity index (χ0n) is 11.5. The summed E-state index contributed by atoms with van der Waals surface area (Å²) in [6.45, 7) is 0.681. The van der Waals surface area contributed by atoms with Crippen molar-refractivity contribution in [3.63, 3.8) is 0 Å². The largest absolute Gasteiger partial charge is 0.305 e. The molecule has 2 aromatic carbocycles. The summed E-state index contributed by atoms with van der Waals surface area (Å²) in [6.07, 6.45) is 3.68. The first-order valence-corrected chi connectivity index (χ1v) is 8.48. The van der Waals surface area contributed by atoms with E-state index in [4.69, 9.17) is 0 Å². The standard InChI is InChI=1S/C17H17NO2S/c19-21(20,15-10-5-2-6-11-15)16-12-7-13-18-17(16)14-8-3-1-4-9-14/h1-12,16-18H,13H2/t16-,17+/m0/s1. The summed E-state index contributed by atoms with van der Waals surface area (Å²) in [7, 11) is -3.41. The molecule has 3 nitrogen and oxygen atoms in total. The molecule has 1 heterocycles. The molecule has 0 aliphatic carbocycles. The fourth-order valence-electron chi connectivity index (χ4n) is 2.64. The molecule has 0 saturated heterocycles. The third-order valence-corrected chi connectivity index (χ3v) is 5.77. The lowest BCUT2D eigenvalue weighted by Gasteiger charge is -2.29. The molecule has 1 N–H and O–H groups in total. The van der Waals surface area contributed by atoms with Crippen molar-refractivity contribution in [2.45, 2.75) is 16.2 Å². The second-order valence-electron chi connectivity index (χ2n) is 5.05. The summed E-state index contributed by atoms with van der Waals surface area (Å²) in [5, 5.41) is 2.71. The fraction of sp³-hybridized carbons (Fsp3) is 0.176. The van der Waals surface area contributed by atoms with E-state index in [1.54, 1.807) is 30.3 Å². The van der Waals surface area contributed by atoms with E-state index in [9.17, 15) is 8.42 Å². The highest BCUT2D eigenvalue weighted by molar-refractivity contribution is 7.92. The highest BCUT2D eigenvalue weighted by Gasteiger charge is 2.34. The highest BCUT2D eigenvalue weighted by Crippen LogP contribution is 2.29. The average Bonchev–Trinajstić information content (AvgIpc) is 2.56. The maximum atomic E-state index is 12.9. The van der Waals surface area contributed by atoms with Crippen LogP contribution in [0.3, 0.4) is 0 Å². The average molecular weight is 299 g/mol. The first-order chi connectivity index (χ1) is 10.2. The lowest BCUT2D eigenvalue weighted by atomic mass is 10.0. The Balaban J connectivity index is 2.03. The highest BCUT2D eigenvalue weighted by atomic mass is 32.2. The molecule has 21 heavy (non-hydrogen) atoms. The van der Waals surface area contributed by atoms with Crippen molar-refractivity contribution in [1.29, 1.82) is 0 Å². The molecule has 0 unspecified atom stereocenters. The summed E-state index contributed by atoms with van der Waals surface area (Å²) in [6, 6.07) is 18.1. The maximum absolute atomic E-state index is 12.9. The van der Waals surface area contributed by atoms with Gasteiger partial charge in [-0.2, -0.15) is 0 Å². The van der Waals surface area contributed by atoms with E-state index in [1.165, 1.54) is 0 Å². The Labute approximate surface area is 125 Å². The van der Waals surface area contributed by atoms with Crippen LogP contribution in [0.4, 0.5) is 0 Å². The van der Waals surface area contributed by atoms with Crippen LogP contribution < -0.4 is 5.32 Å². The molecule has 108 valence electrons. The summed E-state index contributed by atoms with van der Waals surface area (Å²) in [4.78, 5) is 0.365. The number of benzene rings is 2. The molecule has 1 aliphatic rings. The van der Waals surface area contributed by atoms with Gasteiger partial charge in [-0.15, -0.1) is 0 Å². The van der Waals surface area contributed by atoms with E-state index in [-0.39, 0.29) is 6.04 Å². The van der Waals surface area contributed by atoms with Crippen LogP contribution in [0, 0.1) is 0 Å². The minimum atomic E-state index is -3.41. The predicted molar refractivity (Wildman–Crippen MR) is 83.7 cm³/mol. The SMILES string of the molecule is O=S(=O)(c1ccccc1)[C@H]1C=CCN[C@@H]1c1ccccc1. The lowest BCUT2D eigenvalue weighted by molar-refractivity contribution is 0.523. The van der Waals surface area contributed by atoms with E-state index in [2.05, 4.69) is 5.32 Å². The van der Waals surface area contributed by atoms with Gasteiger partial charge in [-0.1, -0.05) is 60.7 Å². The van der Waals surface area contributed by atoms with E-state index in [0.717, 1.165) is 5.56 Å². The Hall–Kier alpha value is -1.91. The van der Waals surface area contributed by atoms with Crippen molar-refractivity contribution in [2.24, 2.45) is 0 Å². The van der Waals surface area contributed by atoms with Crippen LogP contribution in [0.5, 0.6) is 0 Å². The molecule has 0 amide bonds. The molecule has 0 fully saturated rings. The van der Waals surface area contributed by atoms with E-state index < -0.39 is 15.1 Å². The lowest BCUT2D eigenvalue weighted by Crippen LogP contribution is -2.39.